The van der Waals surface area contributed by atoms with Crippen LogP contribution in [-0.2, 0) is 4.79 Å². The van der Waals surface area contributed by atoms with E-state index < -0.39 is 0 Å². The van der Waals surface area contributed by atoms with Crippen LogP contribution in [0.4, 0.5) is 5.69 Å². The molecule has 5 nitrogen and oxygen atoms in total. The molecule has 2 aromatic heterocycles. The topological polar surface area (TPSA) is 70.7 Å². The second kappa shape index (κ2) is 7.23. The van der Waals surface area contributed by atoms with E-state index in [1.165, 1.54) is 11.8 Å². The molecular formula is C17H17ClN4OS. The highest BCUT2D eigenvalue weighted by atomic mass is 35.5. The van der Waals surface area contributed by atoms with Gasteiger partial charge in [0.2, 0.25) is 5.91 Å². The van der Waals surface area contributed by atoms with Gasteiger partial charge in [-0.05, 0) is 43.2 Å². The van der Waals surface area contributed by atoms with Gasteiger partial charge in [-0.1, -0.05) is 36.4 Å². The minimum Gasteiger partial charge on any atom is -0.332 e. The number of amides is 1. The summed E-state index contributed by atoms with van der Waals surface area (Å²) in [4.78, 5) is 24.4. The van der Waals surface area contributed by atoms with Gasteiger partial charge in [0.25, 0.3) is 0 Å². The molecule has 0 spiro atoms. The number of aryl methyl sites for hydroxylation is 1. The standard InChI is InChI=1S/C17H17ClN4OS/c1-3-14(16(23)20-13-9-11(18)7-6-10(13)2)24-17-21-12-5-4-8-19-15(12)22-17/h4-9,14H,3H2,1-2H3,(H,20,23)(H,19,21,22)/t14-/m1/s1. The fraction of sp³-hybridized carbons (Fsp3) is 0.235. The van der Waals surface area contributed by atoms with E-state index in [2.05, 4.69) is 20.3 Å². The second-order valence-corrected chi connectivity index (χ2v) is 7.01. The van der Waals surface area contributed by atoms with Crippen molar-refractivity contribution in [2.24, 2.45) is 0 Å². The number of hydrogen-bond donors (Lipinski definition) is 2. The number of benzene rings is 1. The molecule has 0 saturated carbocycles. The highest BCUT2D eigenvalue weighted by molar-refractivity contribution is 8.00. The summed E-state index contributed by atoms with van der Waals surface area (Å²) in [5.41, 5.74) is 3.22. The maximum Gasteiger partial charge on any atom is 0.237 e. The normalized spacial score (nSPS) is 12.3. The van der Waals surface area contributed by atoms with Gasteiger partial charge in [-0.3, -0.25) is 4.79 Å². The molecule has 1 aromatic carbocycles. The summed E-state index contributed by atoms with van der Waals surface area (Å²) in [5, 5.41) is 3.98. The predicted octanol–water partition coefficient (Wildman–Crippen LogP) is 4.43. The van der Waals surface area contributed by atoms with Crippen molar-refractivity contribution in [2.45, 2.75) is 30.7 Å². The quantitative estimate of drug-likeness (QED) is 0.660. The monoisotopic (exact) mass is 360 g/mol. The number of rotatable bonds is 5. The Morgan fingerprint density at radius 3 is 3.00 bits per heavy atom. The fourth-order valence-electron chi connectivity index (χ4n) is 2.28. The molecule has 0 fully saturated rings. The highest BCUT2D eigenvalue weighted by Gasteiger charge is 2.20. The summed E-state index contributed by atoms with van der Waals surface area (Å²) < 4.78 is 0. The van der Waals surface area contributed by atoms with Crippen LogP contribution >= 0.6 is 23.4 Å². The van der Waals surface area contributed by atoms with Crippen molar-refractivity contribution in [3.8, 4) is 0 Å². The van der Waals surface area contributed by atoms with E-state index in [0.29, 0.717) is 22.2 Å². The molecule has 1 amide bonds. The number of imidazole rings is 1. The SMILES string of the molecule is CC[C@@H](Sc1nc2ncccc2[nH]1)C(=O)Nc1cc(Cl)ccc1C. The van der Waals surface area contributed by atoms with E-state index in [4.69, 9.17) is 11.6 Å². The lowest BCUT2D eigenvalue weighted by Gasteiger charge is -2.15. The molecule has 0 aliphatic carbocycles. The van der Waals surface area contributed by atoms with Crippen LogP contribution in [0.15, 0.2) is 41.7 Å². The zero-order valence-corrected chi connectivity index (χ0v) is 14.9. The second-order valence-electron chi connectivity index (χ2n) is 5.38. The zero-order chi connectivity index (χ0) is 17.1. The van der Waals surface area contributed by atoms with Crippen molar-refractivity contribution < 1.29 is 4.79 Å². The number of aromatic nitrogens is 3. The smallest absolute Gasteiger partial charge is 0.237 e. The first-order valence-corrected chi connectivity index (χ1v) is 8.87. The van der Waals surface area contributed by atoms with E-state index in [9.17, 15) is 4.79 Å². The number of thioether (sulfide) groups is 1. The lowest BCUT2D eigenvalue weighted by molar-refractivity contribution is -0.115. The van der Waals surface area contributed by atoms with Crippen molar-refractivity contribution in [1.29, 1.82) is 0 Å². The molecule has 124 valence electrons. The Bertz CT molecular complexity index is 847. The Morgan fingerprint density at radius 1 is 1.42 bits per heavy atom. The number of aromatic amines is 1. The number of carbonyl (C=O) groups is 1. The van der Waals surface area contributed by atoms with E-state index >= 15 is 0 Å². The summed E-state index contributed by atoms with van der Waals surface area (Å²) in [5.74, 6) is -0.0683. The van der Waals surface area contributed by atoms with Crippen LogP contribution in [0, 0.1) is 6.92 Å². The number of anilines is 1. The lowest BCUT2D eigenvalue weighted by atomic mass is 10.2. The van der Waals surface area contributed by atoms with Gasteiger partial charge in [-0.15, -0.1) is 0 Å². The molecule has 1 atom stereocenters. The Morgan fingerprint density at radius 2 is 2.25 bits per heavy atom. The van der Waals surface area contributed by atoms with Crippen LogP contribution < -0.4 is 5.32 Å². The van der Waals surface area contributed by atoms with Crippen LogP contribution in [0.25, 0.3) is 11.2 Å². The van der Waals surface area contributed by atoms with Gasteiger partial charge in [0.15, 0.2) is 10.8 Å². The van der Waals surface area contributed by atoms with Crippen molar-refractivity contribution >= 4 is 46.1 Å². The summed E-state index contributed by atoms with van der Waals surface area (Å²) >= 11 is 7.41. The number of carbonyl (C=O) groups excluding carboxylic acids is 1. The minimum atomic E-state index is -0.260. The van der Waals surface area contributed by atoms with Crippen molar-refractivity contribution in [3.05, 3.63) is 47.1 Å². The van der Waals surface area contributed by atoms with Gasteiger partial charge in [0.1, 0.15) is 0 Å². The lowest BCUT2D eigenvalue weighted by Crippen LogP contribution is -2.25. The highest BCUT2D eigenvalue weighted by Crippen LogP contribution is 2.27. The molecule has 2 heterocycles. The van der Waals surface area contributed by atoms with E-state index in [-0.39, 0.29) is 11.2 Å². The maximum atomic E-state index is 12.6. The molecule has 0 saturated heterocycles. The molecule has 0 bridgehead atoms. The van der Waals surface area contributed by atoms with Gasteiger partial charge in [0.05, 0.1) is 10.8 Å². The molecule has 0 aliphatic rings. The van der Waals surface area contributed by atoms with Crippen molar-refractivity contribution in [3.63, 3.8) is 0 Å². The number of pyridine rings is 1. The Kier molecular flexibility index (Phi) is 5.06. The average molecular weight is 361 g/mol. The molecule has 0 aliphatic heterocycles. The van der Waals surface area contributed by atoms with E-state index in [0.717, 1.165) is 16.8 Å². The van der Waals surface area contributed by atoms with Crippen LogP contribution in [0.1, 0.15) is 18.9 Å². The predicted molar refractivity (Wildman–Crippen MR) is 98.6 cm³/mol. The molecule has 0 radical (unpaired) electrons. The summed E-state index contributed by atoms with van der Waals surface area (Å²) in [6.07, 6.45) is 2.38. The first-order valence-electron chi connectivity index (χ1n) is 7.61. The van der Waals surface area contributed by atoms with Gasteiger partial charge in [-0.25, -0.2) is 9.97 Å². The van der Waals surface area contributed by atoms with Crippen LogP contribution in [0.2, 0.25) is 5.02 Å². The van der Waals surface area contributed by atoms with Gasteiger partial charge in [0, 0.05) is 16.9 Å². The number of halogens is 1. The van der Waals surface area contributed by atoms with Crippen molar-refractivity contribution in [2.75, 3.05) is 5.32 Å². The fourth-order valence-corrected chi connectivity index (χ4v) is 3.36. The molecule has 2 N–H and O–H groups in total. The molecule has 24 heavy (non-hydrogen) atoms. The minimum absolute atomic E-state index is 0.0683. The third kappa shape index (κ3) is 3.71. The van der Waals surface area contributed by atoms with E-state index in [1.54, 1.807) is 18.3 Å². The zero-order valence-electron chi connectivity index (χ0n) is 13.3. The van der Waals surface area contributed by atoms with E-state index in [1.807, 2.05) is 32.0 Å². The number of nitrogens with one attached hydrogen (secondary N) is 2. The van der Waals surface area contributed by atoms with Gasteiger partial charge < -0.3 is 10.3 Å². The van der Waals surface area contributed by atoms with Crippen LogP contribution in [0.3, 0.4) is 0 Å². The third-order valence-corrected chi connectivity index (χ3v) is 5.09. The van der Waals surface area contributed by atoms with Crippen LogP contribution in [-0.4, -0.2) is 26.1 Å². The average Bonchev–Trinajstić information content (AvgIpc) is 2.98. The van der Waals surface area contributed by atoms with Crippen molar-refractivity contribution in [1.82, 2.24) is 15.0 Å². The summed E-state index contributed by atoms with van der Waals surface area (Å²) in [6, 6.07) is 9.21. The summed E-state index contributed by atoms with van der Waals surface area (Å²) in [7, 11) is 0. The number of hydrogen-bond acceptors (Lipinski definition) is 4. The Labute approximate surface area is 149 Å². The third-order valence-electron chi connectivity index (χ3n) is 3.61. The molecular weight excluding hydrogens is 344 g/mol. The Balaban J connectivity index is 1.75. The summed E-state index contributed by atoms with van der Waals surface area (Å²) in [6.45, 7) is 3.91. The van der Waals surface area contributed by atoms with Crippen LogP contribution in [0.5, 0.6) is 0 Å². The molecule has 3 rings (SSSR count). The number of fused-ring (bicyclic) bond motifs is 1. The molecule has 3 aromatic rings. The number of H-pyrrole nitrogens is 1. The van der Waals surface area contributed by atoms with Gasteiger partial charge >= 0.3 is 0 Å². The first-order chi connectivity index (χ1) is 11.6. The first kappa shape index (κ1) is 16.8. The number of nitrogens with zero attached hydrogens (tertiary/aromatic N) is 2. The largest absolute Gasteiger partial charge is 0.332 e. The van der Waals surface area contributed by atoms with Gasteiger partial charge in [-0.2, -0.15) is 0 Å². The Hall–Kier alpha value is -2.05. The molecule has 7 heteroatoms. The molecule has 0 unspecified atom stereocenters. The maximum absolute atomic E-state index is 12.6.